The summed E-state index contributed by atoms with van der Waals surface area (Å²) in [5.41, 5.74) is 2.36. The van der Waals surface area contributed by atoms with Crippen LogP contribution in [0.4, 0.5) is 5.82 Å². The van der Waals surface area contributed by atoms with Crippen LogP contribution in [-0.4, -0.2) is 65.5 Å². The second-order valence-electron chi connectivity index (χ2n) is 7.44. The highest BCUT2D eigenvalue weighted by molar-refractivity contribution is 7.17. The van der Waals surface area contributed by atoms with E-state index in [-0.39, 0.29) is 6.10 Å². The van der Waals surface area contributed by atoms with Gasteiger partial charge in [-0.3, -0.25) is 4.90 Å². The van der Waals surface area contributed by atoms with E-state index in [2.05, 4.69) is 39.4 Å². The van der Waals surface area contributed by atoms with Gasteiger partial charge in [0.05, 0.1) is 31.2 Å². The molecule has 0 aliphatic carbocycles. The van der Waals surface area contributed by atoms with E-state index in [0.717, 1.165) is 67.7 Å². The van der Waals surface area contributed by atoms with Crippen molar-refractivity contribution in [3.05, 3.63) is 41.5 Å². The highest BCUT2D eigenvalue weighted by atomic mass is 32.1. The van der Waals surface area contributed by atoms with E-state index in [1.807, 2.05) is 6.07 Å². The number of hydrogen-bond acceptors (Lipinski definition) is 7. The fourth-order valence-corrected chi connectivity index (χ4v) is 4.95. The maximum Gasteiger partial charge on any atom is 0.146 e. The van der Waals surface area contributed by atoms with Crippen LogP contribution in [0.1, 0.15) is 12.2 Å². The number of aromatic nitrogens is 2. The van der Waals surface area contributed by atoms with E-state index in [1.165, 1.54) is 11.1 Å². The third-order valence-electron chi connectivity index (χ3n) is 5.48. The summed E-state index contributed by atoms with van der Waals surface area (Å²) in [4.78, 5) is 15.5. The van der Waals surface area contributed by atoms with Crippen molar-refractivity contribution in [3.63, 3.8) is 0 Å². The van der Waals surface area contributed by atoms with Crippen molar-refractivity contribution in [2.45, 2.75) is 19.1 Å². The third-order valence-corrected chi connectivity index (χ3v) is 6.35. The Labute approximate surface area is 168 Å². The number of aliphatic hydroxyl groups is 1. The molecule has 1 atom stereocenters. The molecular weight excluding hydrogens is 372 g/mol. The van der Waals surface area contributed by atoms with Crippen molar-refractivity contribution in [2.24, 2.45) is 0 Å². The largest absolute Gasteiger partial charge is 0.391 e. The van der Waals surface area contributed by atoms with Gasteiger partial charge in [0, 0.05) is 37.1 Å². The lowest BCUT2D eigenvalue weighted by atomic mass is 10.1. The number of hydrogen-bond donors (Lipinski definition) is 1. The first-order valence-corrected chi connectivity index (χ1v) is 10.7. The number of benzene rings is 1. The number of nitrogens with zero attached hydrogens (tertiary/aromatic N) is 4. The van der Waals surface area contributed by atoms with Gasteiger partial charge in [-0.1, -0.05) is 30.3 Å². The number of fused-ring (bicyclic) bond motifs is 1. The maximum atomic E-state index is 10.1. The SMILES string of the molecule is O[C@H]1CCN(c2nc(CN3CCOCC3)nc3scc(-c4ccccc4)c23)C1. The Kier molecular flexibility index (Phi) is 4.98. The fraction of sp³-hybridized carbons (Fsp3) is 0.429. The Bertz CT molecular complexity index is 956. The van der Waals surface area contributed by atoms with Gasteiger partial charge in [-0.15, -0.1) is 11.3 Å². The first-order valence-electron chi connectivity index (χ1n) is 9.84. The topological polar surface area (TPSA) is 61.7 Å². The zero-order valence-corrected chi connectivity index (χ0v) is 16.6. The highest BCUT2D eigenvalue weighted by Crippen LogP contribution is 2.39. The molecule has 2 fully saturated rings. The lowest BCUT2D eigenvalue weighted by Crippen LogP contribution is -2.36. The number of anilines is 1. The summed E-state index contributed by atoms with van der Waals surface area (Å²) in [5.74, 6) is 1.82. The van der Waals surface area contributed by atoms with Gasteiger partial charge < -0.3 is 14.7 Å². The molecule has 146 valence electrons. The smallest absolute Gasteiger partial charge is 0.146 e. The first-order chi connectivity index (χ1) is 13.8. The van der Waals surface area contributed by atoms with Crippen molar-refractivity contribution >= 4 is 27.4 Å². The molecule has 1 aromatic carbocycles. The van der Waals surface area contributed by atoms with Crippen LogP contribution in [0.5, 0.6) is 0 Å². The summed E-state index contributed by atoms with van der Waals surface area (Å²) in [6, 6.07) is 10.4. The normalized spacial score (nSPS) is 20.9. The molecule has 0 bridgehead atoms. The molecule has 6 nitrogen and oxygen atoms in total. The Balaban J connectivity index is 1.59. The van der Waals surface area contributed by atoms with Crippen LogP contribution in [0, 0.1) is 0 Å². The van der Waals surface area contributed by atoms with Gasteiger partial charge in [0.15, 0.2) is 0 Å². The summed E-state index contributed by atoms with van der Waals surface area (Å²) in [7, 11) is 0. The van der Waals surface area contributed by atoms with E-state index in [0.29, 0.717) is 6.54 Å². The van der Waals surface area contributed by atoms with Gasteiger partial charge in [0.25, 0.3) is 0 Å². The third kappa shape index (κ3) is 3.51. The quantitative estimate of drug-likeness (QED) is 0.732. The number of β-amino-alcohol motifs (C(OH)–C–C–N with tert-alkyl or cyclic N) is 1. The summed E-state index contributed by atoms with van der Waals surface area (Å²) < 4.78 is 5.46. The molecule has 28 heavy (non-hydrogen) atoms. The minimum absolute atomic E-state index is 0.286. The lowest BCUT2D eigenvalue weighted by Gasteiger charge is -2.26. The van der Waals surface area contributed by atoms with E-state index >= 15 is 0 Å². The van der Waals surface area contributed by atoms with Crippen LogP contribution in [0.2, 0.25) is 0 Å². The van der Waals surface area contributed by atoms with Crippen LogP contribution < -0.4 is 4.90 Å². The second kappa shape index (κ2) is 7.75. The molecule has 2 saturated heterocycles. The molecule has 0 radical (unpaired) electrons. The van der Waals surface area contributed by atoms with E-state index in [1.54, 1.807) is 11.3 Å². The average Bonchev–Trinajstić information content (AvgIpc) is 3.35. The minimum Gasteiger partial charge on any atom is -0.391 e. The molecule has 4 heterocycles. The first kappa shape index (κ1) is 18.0. The molecule has 7 heteroatoms. The van der Waals surface area contributed by atoms with E-state index in [9.17, 15) is 5.11 Å². The van der Waals surface area contributed by atoms with Crippen molar-refractivity contribution in [1.29, 1.82) is 0 Å². The predicted octanol–water partition coefficient (Wildman–Crippen LogP) is 2.76. The molecule has 0 amide bonds. The Morgan fingerprint density at radius 2 is 1.93 bits per heavy atom. The van der Waals surface area contributed by atoms with Gasteiger partial charge in [-0.05, 0) is 12.0 Å². The highest BCUT2D eigenvalue weighted by Gasteiger charge is 2.26. The summed E-state index contributed by atoms with van der Waals surface area (Å²) in [5, 5.41) is 13.4. The van der Waals surface area contributed by atoms with Crippen molar-refractivity contribution in [3.8, 4) is 11.1 Å². The average molecular weight is 397 g/mol. The van der Waals surface area contributed by atoms with Gasteiger partial charge in [-0.2, -0.15) is 0 Å². The number of aliphatic hydroxyl groups excluding tert-OH is 1. The van der Waals surface area contributed by atoms with Gasteiger partial charge in [0.1, 0.15) is 16.5 Å². The van der Waals surface area contributed by atoms with Crippen LogP contribution in [0.15, 0.2) is 35.7 Å². The summed E-state index contributed by atoms with van der Waals surface area (Å²) in [6.45, 7) is 5.57. The molecule has 2 aliphatic rings. The molecule has 5 rings (SSSR count). The monoisotopic (exact) mass is 396 g/mol. The van der Waals surface area contributed by atoms with Crippen LogP contribution in [-0.2, 0) is 11.3 Å². The second-order valence-corrected chi connectivity index (χ2v) is 8.29. The Morgan fingerprint density at radius 1 is 1.11 bits per heavy atom. The number of rotatable bonds is 4. The van der Waals surface area contributed by atoms with Crippen LogP contribution in [0.3, 0.4) is 0 Å². The Morgan fingerprint density at radius 3 is 2.68 bits per heavy atom. The van der Waals surface area contributed by atoms with Gasteiger partial charge in [0.2, 0.25) is 0 Å². The maximum absolute atomic E-state index is 10.1. The van der Waals surface area contributed by atoms with E-state index in [4.69, 9.17) is 14.7 Å². The number of ether oxygens (including phenoxy) is 1. The predicted molar refractivity (Wildman–Crippen MR) is 112 cm³/mol. The Hall–Kier alpha value is -2.06. The number of morpholine rings is 1. The molecule has 2 aromatic heterocycles. The van der Waals surface area contributed by atoms with Crippen LogP contribution in [0.25, 0.3) is 21.3 Å². The van der Waals surface area contributed by atoms with Gasteiger partial charge >= 0.3 is 0 Å². The molecule has 0 spiro atoms. The fourth-order valence-electron chi connectivity index (χ4n) is 3.99. The molecule has 2 aliphatic heterocycles. The zero-order valence-electron chi connectivity index (χ0n) is 15.8. The number of thiophene rings is 1. The molecule has 0 saturated carbocycles. The minimum atomic E-state index is -0.286. The van der Waals surface area contributed by atoms with Crippen molar-refractivity contribution in [1.82, 2.24) is 14.9 Å². The van der Waals surface area contributed by atoms with E-state index < -0.39 is 0 Å². The standard InChI is InChI=1S/C21H24N4O2S/c26-16-6-7-25(12-16)20-19-17(15-4-2-1-3-5-15)14-28-21(19)23-18(22-20)13-24-8-10-27-11-9-24/h1-5,14,16,26H,6-13H2/t16-/m0/s1. The van der Waals surface area contributed by atoms with Crippen molar-refractivity contribution < 1.29 is 9.84 Å². The molecular formula is C21H24N4O2S. The van der Waals surface area contributed by atoms with Gasteiger partial charge in [-0.25, -0.2) is 9.97 Å². The summed E-state index contributed by atoms with van der Waals surface area (Å²) >= 11 is 1.68. The van der Waals surface area contributed by atoms with Crippen LogP contribution >= 0.6 is 11.3 Å². The molecule has 1 N–H and O–H groups in total. The van der Waals surface area contributed by atoms with Crippen molar-refractivity contribution in [2.75, 3.05) is 44.3 Å². The zero-order chi connectivity index (χ0) is 18.9. The molecule has 0 unspecified atom stereocenters. The molecule has 3 aromatic rings. The summed E-state index contributed by atoms with van der Waals surface area (Å²) in [6.07, 6.45) is 0.501. The lowest BCUT2D eigenvalue weighted by molar-refractivity contribution is 0.0331.